The molecule has 11 rings (SSSR count). The van der Waals surface area contributed by atoms with Gasteiger partial charge in [0.15, 0.2) is 0 Å². The second kappa shape index (κ2) is 13.5. The van der Waals surface area contributed by atoms with Crippen LogP contribution in [0.3, 0.4) is 0 Å². The van der Waals surface area contributed by atoms with Crippen molar-refractivity contribution in [1.82, 2.24) is 0 Å². The molecule has 2 nitrogen and oxygen atoms in total. The van der Waals surface area contributed by atoms with E-state index in [1.165, 1.54) is 132 Å². The zero-order valence-corrected chi connectivity index (χ0v) is 42.2. The fraction of sp³-hybridized carbons (Fsp3) is 0.419. The molecule has 332 valence electrons. The van der Waals surface area contributed by atoms with E-state index in [1.54, 1.807) is 5.56 Å². The molecule has 65 heavy (non-hydrogen) atoms. The molecule has 0 atom stereocenters. The number of hydrogen-bond acceptors (Lipinski definition) is 2. The van der Waals surface area contributed by atoms with Gasteiger partial charge < -0.3 is 9.80 Å². The summed E-state index contributed by atoms with van der Waals surface area (Å²) in [6.45, 7) is 36.9. The highest BCUT2D eigenvalue weighted by Crippen LogP contribution is 2.56. The standard InChI is InChI=1S/C62H71BN2/c1-37-29-53-56-54(30-37)65(50-34-45-43(31-38(50)2)57(4,5)25-27-59(45,8)9)51-32-41(40-19-17-16-18-20-40)21-23-47(51)63(56)48-33-44-46(60(10,11)28-26-58(44,6)7)35-52(48)64(53)49-24-22-42-55(39(49)3)62(14,15)36-61(42,12)13/h16-24,29-35H,25-28,36H2,1-15H3. The van der Waals surface area contributed by atoms with E-state index in [4.69, 9.17) is 0 Å². The van der Waals surface area contributed by atoms with Crippen LogP contribution in [0.25, 0.3) is 11.1 Å². The Morgan fingerprint density at radius 2 is 0.923 bits per heavy atom. The van der Waals surface area contributed by atoms with Crippen molar-refractivity contribution >= 4 is 57.2 Å². The summed E-state index contributed by atoms with van der Waals surface area (Å²) in [5.41, 5.74) is 28.4. The first-order valence-electron chi connectivity index (χ1n) is 24.9. The smallest absolute Gasteiger partial charge is 0.252 e. The quantitative estimate of drug-likeness (QED) is 0.163. The molecule has 0 fully saturated rings. The SMILES string of the molecule is Cc1cc2c3c(c1)N(c1ccc4c(c1C)C(C)(C)CC4(C)C)c1cc4c(cc1B3c1ccc(-c3ccccc3)cc1N2c1cc2c(cc1C)C(C)(C)CCC2(C)C)C(C)(C)CCC4(C)C. The molecule has 0 unspecified atom stereocenters. The van der Waals surface area contributed by atoms with E-state index in [2.05, 4.69) is 211 Å². The third kappa shape index (κ3) is 6.11. The van der Waals surface area contributed by atoms with E-state index >= 15 is 0 Å². The highest BCUT2D eigenvalue weighted by atomic mass is 15.2. The van der Waals surface area contributed by atoms with E-state index < -0.39 is 0 Å². The Bertz CT molecular complexity index is 3010. The minimum absolute atomic E-state index is 0.0625. The molecule has 0 aromatic heterocycles. The van der Waals surface area contributed by atoms with Crippen molar-refractivity contribution in [3.63, 3.8) is 0 Å². The minimum Gasteiger partial charge on any atom is -0.311 e. The zero-order chi connectivity index (χ0) is 46.1. The van der Waals surface area contributed by atoms with Crippen LogP contribution in [-0.2, 0) is 32.5 Å². The van der Waals surface area contributed by atoms with E-state index in [0.29, 0.717) is 0 Å². The van der Waals surface area contributed by atoms with Gasteiger partial charge in [0.2, 0.25) is 0 Å². The van der Waals surface area contributed by atoms with Gasteiger partial charge in [0.1, 0.15) is 0 Å². The van der Waals surface area contributed by atoms with E-state index in [9.17, 15) is 0 Å². The fourth-order valence-corrected chi connectivity index (χ4v) is 14.1. The first-order valence-corrected chi connectivity index (χ1v) is 24.9. The Labute approximate surface area is 392 Å². The van der Waals surface area contributed by atoms with E-state index in [-0.39, 0.29) is 39.2 Å². The molecule has 3 aliphatic carbocycles. The van der Waals surface area contributed by atoms with Gasteiger partial charge in [-0.05, 0) is 199 Å². The van der Waals surface area contributed by atoms with Crippen molar-refractivity contribution in [2.24, 2.45) is 0 Å². The number of hydrogen-bond donors (Lipinski definition) is 0. The molecule has 2 heterocycles. The molecule has 2 aliphatic heterocycles. The Morgan fingerprint density at radius 3 is 1.52 bits per heavy atom. The summed E-state index contributed by atoms with van der Waals surface area (Å²) in [5.74, 6) is 0. The van der Waals surface area contributed by atoms with Gasteiger partial charge in [0.05, 0.1) is 0 Å². The van der Waals surface area contributed by atoms with Crippen LogP contribution in [0, 0.1) is 20.8 Å². The molecule has 0 bridgehead atoms. The van der Waals surface area contributed by atoms with Gasteiger partial charge in [-0.15, -0.1) is 0 Å². The highest BCUT2D eigenvalue weighted by Gasteiger charge is 2.49. The van der Waals surface area contributed by atoms with Gasteiger partial charge in [-0.3, -0.25) is 0 Å². The predicted octanol–water partition coefficient (Wildman–Crippen LogP) is 15.0. The van der Waals surface area contributed by atoms with Crippen LogP contribution in [-0.4, -0.2) is 6.71 Å². The molecule has 0 saturated carbocycles. The number of nitrogens with zero attached hydrogens (tertiary/aromatic N) is 2. The molecule has 0 N–H and O–H groups in total. The molecule has 6 aromatic carbocycles. The predicted molar refractivity (Wildman–Crippen MR) is 281 cm³/mol. The average Bonchev–Trinajstić information content (AvgIpc) is 3.44. The maximum atomic E-state index is 2.74. The Morgan fingerprint density at radius 1 is 0.400 bits per heavy atom. The zero-order valence-electron chi connectivity index (χ0n) is 42.2. The highest BCUT2D eigenvalue weighted by molar-refractivity contribution is 7.00. The third-order valence-electron chi connectivity index (χ3n) is 17.7. The topological polar surface area (TPSA) is 6.48 Å². The van der Waals surface area contributed by atoms with Gasteiger partial charge in [0.25, 0.3) is 6.71 Å². The molecule has 6 aromatic rings. The summed E-state index contributed by atoms with van der Waals surface area (Å²) in [5, 5.41) is 0. The Kier molecular flexibility index (Phi) is 8.88. The van der Waals surface area contributed by atoms with Crippen LogP contribution < -0.4 is 26.2 Å². The van der Waals surface area contributed by atoms with Gasteiger partial charge in [-0.1, -0.05) is 144 Å². The van der Waals surface area contributed by atoms with Crippen molar-refractivity contribution in [2.75, 3.05) is 9.80 Å². The minimum atomic E-state index is 0.0625. The lowest BCUT2D eigenvalue weighted by atomic mass is 9.33. The van der Waals surface area contributed by atoms with Crippen LogP contribution in [0.4, 0.5) is 34.1 Å². The Balaban J connectivity index is 1.26. The molecule has 5 aliphatic rings. The summed E-state index contributed by atoms with van der Waals surface area (Å²) in [4.78, 5) is 5.44. The summed E-state index contributed by atoms with van der Waals surface area (Å²) in [6.07, 6.45) is 5.91. The molecule has 3 heteroatoms. The first-order chi connectivity index (χ1) is 30.4. The van der Waals surface area contributed by atoms with Gasteiger partial charge in [-0.25, -0.2) is 0 Å². The molecular formula is C62H71BN2. The van der Waals surface area contributed by atoms with E-state index in [0.717, 1.165) is 6.42 Å². The average molecular weight is 855 g/mol. The maximum Gasteiger partial charge on any atom is 0.252 e. The van der Waals surface area contributed by atoms with Crippen molar-refractivity contribution in [2.45, 2.75) is 168 Å². The van der Waals surface area contributed by atoms with Crippen molar-refractivity contribution in [3.05, 3.63) is 147 Å². The molecule has 0 spiro atoms. The summed E-state index contributed by atoms with van der Waals surface area (Å²) in [7, 11) is 0. The Hall–Kier alpha value is -5.02. The van der Waals surface area contributed by atoms with E-state index in [1.807, 2.05) is 0 Å². The monoisotopic (exact) mass is 855 g/mol. The summed E-state index contributed by atoms with van der Waals surface area (Å²) >= 11 is 0. The van der Waals surface area contributed by atoms with Gasteiger partial charge >= 0.3 is 0 Å². The molecule has 0 saturated heterocycles. The lowest BCUT2D eigenvalue weighted by molar-refractivity contribution is 0.332. The van der Waals surface area contributed by atoms with Crippen LogP contribution in [0.1, 0.15) is 165 Å². The lowest BCUT2D eigenvalue weighted by Gasteiger charge is -2.48. The molecular weight excluding hydrogens is 784 g/mol. The normalized spacial score (nSPS) is 20.6. The first kappa shape index (κ1) is 42.6. The second-order valence-electron chi connectivity index (χ2n) is 25.2. The fourth-order valence-electron chi connectivity index (χ4n) is 14.1. The van der Waals surface area contributed by atoms with Crippen LogP contribution >= 0.6 is 0 Å². The van der Waals surface area contributed by atoms with Crippen molar-refractivity contribution in [1.29, 1.82) is 0 Å². The largest absolute Gasteiger partial charge is 0.311 e. The van der Waals surface area contributed by atoms with Crippen LogP contribution in [0.5, 0.6) is 0 Å². The van der Waals surface area contributed by atoms with Crippen LogP contribution in [0.2, 0.25) is 0 Å². The number of anilines is 6. The number of fused-ring (bicyclic) bond motifs is 7. The summed E-state index contributed by atoms with van der Waals surface area (Å²) in [6, 6.07) is 39.0. The third-order valence-corrected chi connectivity index (χ3v) is 17.7. The number of aryl methyl sites for hydroxylation is 2. The van der Waals surface area contributed by atoms with Crippen molar-refractivity contribution < 1.29 is 0 Å². The van der Waals surface area contributed by atoms with Gasteiger partial charge in [0, 0.05) is 34.1 Å². The molecule has 0 radical (unpaired) electrons. The van der Waals surface area contributed by atoms with Crippen LogP contribution in [0.15, 0.2) is 97.1 Å². The molecule has 0 amide bonds. The maximum absolute atomic E-state index is 2.74. The lowest BCUT2D eigenvalue weighted by Crippen LogP contribution is -2.62. The summed E-state index contributed by atoms with van der Waals surface area (Å²) < 4.78 is 0. The number of rotatable bonds is 3. The second-order valence-corrected chi connectivity index (χ2v) is 25.2. The van der Waals surface area contributed by atoms with Gasteiger partial charge in [-0.2, -0.15) is 0 Å². The number of benzene rings is 6. The van der Waals surface area contributed by atoms with Crippen molar-refractivity contribution in [3.8, 4) is 11.1 Å².